The molecule has 1 amide bonds. The molecule has 0 unspecified atom stereocenters. The molecule has 0 atom stereocenters. The topological polar surface area (TPSA) is 148 Å². The van der Waals surface area contributed by atoms with Crippen LogP contribution in [-0.4, -0.2) is 22.4 Å². The van der Waals surface area contributed by atoms with Crippen molar-refractivity contribution in [2.45, 2.75) is 0 Å². The number of anilines is 1. The highest BCUT2D eigenvalue weighted by Gasteiger charge is 2.17. The molecule has 5 rings (SSSR count). The molecule has 0 saturated heterocycles. The molecule has 202 valence electrons. The van der Waals surface area contributed by atoms with Crippen molar-refractivity contribution in [3.63, 3.8) is 0 Å². The van der Waals surface area contributed by atoms with Crippen LogP contribution in [0.15, 0.2) is 91.9 Å². The molecule has 0 spiro atoms. The normalized spacial score (nSPS) is 11.2. The number of carbonyl (C=O) groups is 1. The van der Waals surface area contributed by atoms with Crippen molar-refractivity contribution in [2.75, 3.05) is 11.9 Å². The van der Waals surface area contributed by atoms with Crippen LogP contribution in [-0.2, 0) is 4.79 Å². The van der Waals surface area contributed by atoms with E-state index in [1.165, 1.54) is 24.3 Å². The number of nitro groups is 1. The summed E-state index contributed by atoms with van der Waals surface area (Å²) in [4.78, 5) is 40.3. The van der Waals surface area contributed by atoms with E-state index in [0.717, 1.165) is 15.8 Å². The molecule has 0 radical (unpaired) electrons. The number of halogens is 1. The first kappa shape index (κ1) is 27.4. The van der Waals surface area contributed by atoms with Gasteiger partial charge in [0.15, 0.2) is 6.61 Å². The van der Waals surface area contributed by atoms with Gasteiger partial charge in [0, 0.05) is 38.6 Å². The van der Waals surface area contributed by atoms with Gasteiger partial charge in [-0.3, -0.25) is 14.9 Å². The van der Waals surface area contributed by atoms with E-state index in [-0.39, 0.29) is 39.8 Å². The summed E-state index contributed by atoms with van der Waals surface area (Å²) in [7, 11) is 0. The third-order valence-electron chi connectivity index (χ3n) is 5.75. The van der Waals surface area contributed by atoms with E-state index in [1.807, 2.05) is 6.07 Å². The van der Waals surface area contributed by atoms with Gasteiger partial charge in [-0.15, -0.1) is 11.3 Å². The van der Waals surface area contributed by atoms with E-state index >= 15 is 0 Å². The quantitative estimate of drug-likeness (QED) is 0.0866. The van der Waals surface area contributed by atoms with Crippen molar-refractivity contribution in [1.29, 1.82) is 5.26 Å². The van der Waals surface area contributed by atoms with Crippen LogP contribution in [0, 0.1) is 21.4 Å². The van der Waals surface area contributed by atoms with Gasteiger partial charge in [-0.2, -0.15) is 5.26 Å². The van der Waals surface area contributed by atoms with Crippen LogP contribution in [0.4, 0.5) is 11.4 Å². The van der Waals surface area contributed by atoms with Gasteiger partial charge in [-0.05, 0) is 48.5 Å². The highest BCUT2D eigenvalue weighted by Crippen LogP contribution is 2.31. The Hall–Kier alpha value is -5.12. The number of aromatic nitrogens is 1. The Kier molecular flexibility index (Phi) is 8.00. The number of thiazole rings is 1. The second-order valence-electron chi connectivity index (χ2n) is 8.52. The van der Waals surface area contributed by atoms with Crippen LogP contribution in [0.1, 0.15) is 10.6 Å². The van der Waals surface area contributed by atoms with E-state index < -0.39 is 16.5 Å². The molecule has 41 heavy (non-hydrogen) atoms. The molecule has 3 aromatic carbocycles. The number of nitro benzene ring substituents is 1. The van der Waals surface area contributed by atoms with Crippen LogP contribution < -0.4 is 15.7 Å². The Labute approximate surface area is 244 Å². The summed E-state index contributed by atoms with van der Waals surface area (Å²) in [5.74, 6) is -0.278. The number of para-hydroxylation sites is 1. The number of benzene rings is 3. The van der Waals surface area contributed by atoms with Crippen molar-refractivity contribution in [1.82, 2.24) is 4.98 Å². The summed E-state index contributed by atoms with van der Waals surface area (Å²) in [5.41, 5.74) is 1.02. The standard InChI is InChI=1S/C29H17BrN4O6S/c30-20-6-8-26-18(11-20)13-23(29(36)40-26)24-16-41-28(33-24)19(14-31)10-17-12-22(34(37)38)7-9-25(17)39-15-27(35)32-21-4-2-1-3-5-21/h1-13,16H,15H2,(H,32,35). The molecule has 0 aliphatic rings. The van der Waals surface area contributed by atoms with Crippen molar-refractivity contribution >= 4 is 67.2 Å². The molecule has 10 nitrogen and oxygen atoms in total. The second kappa shape index (κ2) is 12.0. The molecule has 0 aliphatic heterocycles. The molecular weight excluding hydrogens is 612 g/mol. The number of amides is 1. The maximum Gasteiger partial charge on any atom is 0.345 e. The lowest BCUT2D eigenvalue weighted by molar-refractivity contribution is -0.384. The van der Waals surface area contributed by atoms with Gasteiger partial charge >= 0.3 is 5.63 Å². The Bertz CT molecular complexity index is 1930. The fourth-order valence-corrected chi connectivity index (χ4v) is 5.01. The van der Waals surface area contributed by atoms with Crippen LogP contribution in [0.5, 0.6) is 5.75 Å². The summed E-state index contributed by atoms with van der Waals surface area (Å²) in [5, 5.41) is 26.6. The molecular formula is C29H17BrN4O6S. The summed E-state index contributed by atoms with van der Waals surface area (Å²) in [6.45, 7) is -0.370. The average molecular weight is 629 g/mol. The smallest absolute Gasteiger partial charge is 0.345 e. The molecule has 2 aromatic heterocycles. The van der Waals surface area contributed by atoms with Gasteiger partial charge in [0.05, 0.1) is 21.8 Å². The third-order valence-corrected chi connectivity index (χ3v) is 7.11. The van der Waals surface area contributed by atoms with E-state index in [9.17, 15) is 25.0 Å². The fourth-order valence-electron chi connectivity index (χ4n) is 3.85. The fraction of sp³-hybridized carbons (Fsp3) is 0.0345. The number of hydrogen-bond acceptors (Lipinski definition) is 9. The summed E-state index contributed by atoms with van der Waals surface area (Å²) in [6, 6.07) is 21.6. The van der Waals surface area contributed by atoms with Crippen molar-refractivity contribution in [3.8, 4) is 23.1 Å². The molecule has 0 bridgehead atoms. The first-order chi connectivity index (χ1) is 19.8. The first-order valence-electron chi connectivity index (χ1n) is 11.9. The minimum absolute atomic E-state index is 0.0771. The minimum Gasteiger partial charge on any atom is -0.483 e. The number of ether oxygens (including phenoxy) is 1. The lowest BCUT2D eigenvalue weighted by atomic mass is 10.1. The minimum atomic E-state index is -0.581. The van der Waals surface area contributed by atoms with Gasteiger partial charge in [-0.25, -0.2) is 9.78 Å². The lowest BCUT2D eigenvalue weighted by Crippen LogP contribution is -2.20. The van der Waals surface area contributed by atoms with Crippen LogP contribution in [0.3, 0.4) is 0 Å². The summed E-state index contributed by atoms with van der Waals surface area (Å²) in [6.07, 6.45) is 1.39. The van der Waals surface area contributed by atoms with Gasteiger partial charge < -0.3 is 14.5 Å². The number of hydrogen-bond donors (Lipinski definition) is 1. The van der Waals surface area contributed by atoms with Crippen LogP contribution >= 0.6 is 27.3 Å². The van der Waals surface area contributed by atoms with Crippen LogP contribution in [0.25, 0.3) is 33.9 Å². The number of non-ortho nitro benzene ring substituents is 1. The Balaban J connectivity index is 1.45. The predicted molar refractivity (Wildman–Crippen MR) is 158 cm³/mol. The van der Waals surface area contributed by atoms with E-state index in [1.54, 1.807) is 53.9 Å². The van der Waals surface area contributed by atoms with Gasteiger partial charge in [-0.1, -0.05) is 34.1 Å². The monoisotopic (exact) mass is 628 g/mol. The number of rotatable bonds is 8. The zero-order chi connectivity index (χ0) is 28.9. The van der Waals surface area contributed by atoms with Gasteiger partial charge in [0.1, 0.15) is 22.4 Å². The maximum atomic E-state index is 12.6. The zero-order valence-corrected chi connectivity index (χ0v) is 23.3. The Morgan fingerprint density at radius 1 is 1.17 bits per heavy atom. The van der Waals surface area contributed by atoms with E-state index in [0.29, 0.717) is 22.4 Å². The van der Waals surface area contributed by atoms with Crippen molar-refractivity contribution in [2.24, 2.45) is 0 Å². The zero-order valence-electron chi connectivity index (χ0n) is 20.9. The molecule has 5 aromatic rings. The number of nitrogens with zero attached hydrogens (tertiary/aromatic N) is 3. The Morgan fingerprint density at radius 2 is 1.98 bits per heavy atom. The second-order valence-corrected chi connectivity index (χ2v) is 10.3. The molecule has 0 aliphatic carbocycles. The lowest BCUT2D eigenvalue weighted by Gasteiger charge is -2.10. The predicted octanol–water partition coefficient (Wildman–Crippen LogP) is 6.67. The number of nitrogens with one attached hydrogen (secondary N) is 1. The van der Waals surface area contributed by atoms with Gasteiger partial charge in [0.2, 0.25) is 0 Å². The molecule has 12 heteroatoms. The highest BCUT2D eigenvalue weighted by atomic mass is 79.9. The third kappa shape index (κ3) is 6.38. The number of fused-ring (bicyclic) bond motifs is 1. The molecule has 2 heterocycles. The SMILES string of the molecule is N#CC(=Cc1cc([N+](=O)[O-])ccc1OCC(=O)Nc1ccccc1)c1nc(-c2cc3cc(Br)ccc3oc2=O)cs1. The summed E-state index contributed by atoms with van der Waals surface area (Å²) < 4.78 is 11.9. The van der Waals surface area contributed by atoms with E-state index in [2.05, 4.69) is 32.3 Å². The number of carbonyl (C=O) groups excluding carboxylic acids is 1. The molecule has 1 N–H and O–H groups in total. The van der Waals surface area contributed by atoms with Crippen molar-refractivity contribution in [3.05, 3.63) is 114 Å². The van der Waals surface area contributed by atoms with E-state index in [4.69, 9.17) is 9.15 Å². The maximum absolute atomic E-state index is 12.6. The number of allylic oxidation sites excluding steroid dienone is 1. The molecule has 0 saturated carbocycles. The molecule has 0 fully saturated rings. The average Bonchev–Trinajstić information content (AvgIpc) is 3.45. The van der Waals surface area contributed by atoms with Crippen LogP contribution in [0.2, 0.25) is 0 Å². The van der Waals surface area contributed by atoms with Crippen molar-refractivity contribution < 1.29 is 18.9 Å². The largest absolute Gasteiger partial charge is 0.483 e. The Morgan fingerprint density at radius 3 is 2.73 bits per heavy atom. The first-order valence-corrected chi connectivity index (χ1v) is 13.6. The number of nitriles is 1. The van der Waals surface area contributed by atoms with Gasteiger partial charge in [0.25, 0.3) is 11.6 Å². The highest BCUT2D eigenvalue weighted by molar-refractivity contribution is 9.10. The summed E-state index contributed by atoms with van der Waals surface area (Å²) >= 11 is 4.52.